The molecule has 0 aliphatic carbocycles. The smallest absolute Gasteiger partial charge is 0.264 e. The van der Waals surface area contributed by atoms with E-state index in [-0.39, 0.29) is 24.0 Å². The molecule has 0 aromatic heterocycles. The topological polar surface area (TPSA) is 69.4 Å². The molecule has 0 radical (unpaired) electrons. The first kappa shape index (κ1) is 13.9. The van der Waals surface area contributed by atoms with Gasteiger partial charge in [0.25, 0.3) is 10.1 Å². The predicted octanol–water partition coefficient (Wildman–Crippen LogP) is 0.972. The zero-order valence-corrected chi connectivity index (χ0v) is 10.4. The molecule has 0 fully saturated rings. The quantitative estimate of drug-likeness (QED) is 0.721. The van der Waals surface area contributed by atoms with Gasteiger partial charge in [0.1, 0.15) is 0 Å². The Morgan fingerprint density at radius 3 is 2.07 bits per heavy atom. The van der Waals surface area contributed by atoms with E-state index in [0.717, 1.165) is 6.26 Å². The third-order valence-corrected chi connectivity index (χ3v) is 3.05. The molecule has 2 N–H and O–H groups in total. The van der Waals surface area contributed by atoms with Gasteiger partial charge in [-0.2, -0.15) is 8.42 Å². The highest BCUT2D eigenvalue weighted by Crippen LogP contribution is 2.27. The minimum Gasteiger partial charge on any atom is -0.325 e. The maximum Gasteiger partial charge on any atom is 0.264 e. The minimum absolute atomic E-state index is 0.0528. The van der Waals surface area contributed by atoms with Crippen molar-refractivity contribution in [3.05, 3.63) is 0 Å². The lowest BCUT2D eigenvalue weighted by Crippen LogP contribution is -2.40. The fourth-order valence-electron chi connectivity index (χ4n) is 0.989. The molecule has 0 rings (SSSR count). The SMILES string of the molecule is CC(C(N)COS(C)(=O)=O)C(C)(C)C. The summed E-state index contributed by atoms with van der Waals surface area (Å²) >= 11 is 0. The summed E-state index contributed by atoms with van der Waals surface area (Å²) in [4.78, 5) is 0. The summed E-state index contributed by atoms with van der Waals surface area (Å²) in [5.74, 6) is 0.198. The second kappa shape index (κ2) is 4.59. The molecule has 0 spiro atoms. The summed E-state index contributed by atoms with van der Waals surface area (Å²) in [7, 11) is -3.38. The number of hydrogen-bond donors (Lipinski definition) is 1. The van der Waals surface area contributed by atoms with Crippen molar-refractivity contribution in [3.63, 3.8) is 0 Å². The monoisotopic (exact) mass is 223 g/mol. The average molecular weight is 223 g/mol. The molecule has 2 atom stereocenters. The van der Waals surface area contributed by atoms with Crippen molar-refractivity contribution in [2.75, 3.05) is 12.9 Å². The van der Waals surface area contributed by atoms with Crippen LogP contribution in [0.15, 0.2) is 0 Å². The Morgan fingerprint density at radius 1 is 1.36 bits per heavy atom. The maximum absolute atomic E-state index is 10.7. The summed E-state index contributed by atoms with van der Waals surface area (Å²) in [5, 5.41) is 0. The zero-order chi connectivity index (χ0) is 11.6. The van der Waals surface area contributed by atoms with Crippen molar-refractivity contribution < 1.29 is 12.6 Å². The fraction of sp³-hybridized carbons (Fsp3) is 1.00. The first-order chi connectivity index (χ1) is 6.04. The molecule has 86 valence electrons. The van der Waals surface area contributed by atoms with Crippen molar-refractivity contribution >= 4 is 10.1 Å². The highest BCUT2D eigenvalue weighted by atomic mass is 32.2. The van der Waals surface area contributed by atoms with Crippen LogP contribution in [0.1, 0.15) is 27.7 Å². The van der Waals surface area contributed by atoms with Crippen LogP contribution < -0.4 is 5.73 Å². The summed E-state index contributed by atoms with van der Waals surface area (Å²) < 4.78 is 26.1. The lowest BCUT2D eigenvalue weighted by Gasteiger charge is -2.31. The summed E-state index contributed by atoms with van der Waals surface area (Å²) in [6, 6.07) is -0.260. The second-order valence-electron chi connectivity index (χ2n) is 4.81. The second-order valence-corrected chi connectivity index (χ2v) is 6.45. The Bertz CT molecular complexity index is 266. The van der Waals surface area contributed by atoms with E-state index in [2.05, 4.69) is 25.0 Å². The van der Waals surface area contributed by atoms with Gasteiger partial charge in [0.2, 0.25) is 0 Å². The van der Waals surface area contributed by atoms with Crippen molar-refractivity contribution in [3.8, 4) is 0 Å². The van der Waals surface area contributed by atoms with Gasteiger partial charge in [0, 0.05) is 6.04 Å². The van der Waals surface area contributed by atoms with Crippen LogP contribution in [0, 0.1) is 11.3 Å². The fourth-order valence-corrected chi connectivity index (χ4v) is 1.39. The first-order valence-corrected chi connectivity index (χ1v) is 6.45. The van der Waals surface area contributed by atoms with Gasteiger partial charge in [-0.25, -0.2) is 0 Å². The van der Waals surface area contributed by atoms with Gasteiger partial charge < -0.3 is 5.73 Å². The highest BCUT2D eigenvalue weighted by Gasteiger charge is 2.26. The largest absolute Gasteiger partial charge is 0.325 e. The molecular formula is C9H21NO3S. The van der Waals surface area contributed by atoms with Crippen molar-refractivity contribution in [1.82, 2.24) is 0 Å². The van der Waals surface area contributed by atoms with Gasteiger partial charge in [-0.15, -0.1) is 0 Å². The molecule has 0 aliphatic rings. The summed E-state index contributed by atoms with van der Waals surface area (Å²) in [6.07, 6.45) is 1.03. The van der Waals surface area contributed by atoms with Gasteiger partial charge in [-0.05, 0) is 11.3 Å². The van der Waals surface area contributed by atoms with Crippen LogP contribution in [0.25, 0.3) is 0 Å². The molecule has 0 aliphatic heterocycles. The van der Waals surface area contributed by atoms with Crippen LogP contribution >= 0.6 is 0 Å². The molecule has 2 unspecified atom stereocenters. The molecule has 0 aromatic rings. The van der Waals surface area contributed by atoms with E-state index < -0.39 is 10.1 Å². The van der Waals surface area contributed by atoms with Gasteiger partial charge in [-0.1, -0.05) is 27.7 Å². The van der Waals surface area contributed by atoms with E-state index in [9.17, 15) is 8.42 Å². The molecule has 5 heteroatoms. The van der Waals surface area contributed by atoms with E-state index in [0.29, 0.717) is 0 Å². The van der Waals surface area contributed by atoms with Crippen molar-refractivity contribution in [1.29, 1.82) is 0 Å². The standard InChI is InChI=1S/C9H21NO3S/c1-7(9(2,3)4)8(10)6-13-14(5,11)12/h7-8H,6,10H2,1-5H3. The van der Waals surface area contributed by atoms with E-state index >= 15 is 0 Å². The number of rotatable bonds is 4. The molecule has 0 aromatic carbocycles. The van der Waals surface area contributed by atoms with Gasteiger partial charge in [0.05, 0.1) is 12.9 Å². The molecule has 0 amide bonds. The first-order valence-electron chi connectivity index (χ1n) is 4.64. The molecule has 4 nitrogen and oxygen atoms in total. The Hall–Kier alpha value is -0.130. The van der Waals surface area contributed by atoms with Crippen molar-refractivity contribution in [2.24, 2.45) is 17.1 Å². The maximum atomic E-state index is 10.7. The van der Waals surface area contributed by atoms with Crippen LogP contribution in [0.5, 0.6) is 0 Å². The van der Waals surface area contributed by atoms with Gasteiger partial charge >= 0.3 is 0 Å². The Kier molecular flexibility index (Phi) is 4.55. The normalized spacial score (nSPS) is 17.9. The Balaban J connectivity index is 4.17. The lowest BCUT2D eigenvalue weighted by atomic mass is 9.78. The minimum atomic E-state index is -3.38. The predicted molar refractivity (Wildman–Crippen MR) is 57.4 cm³/mol. The van der Waals surface area contributed by atoms with E-state index in [1.807, 2.05) is 6.92 Å². The Morgan fingerprint density at radius 2 is 1.79 bits per heavy atom. The highest BCUT2D eigenvalue weighted by molar-refractivity contribution is 7.85. The molecule has 0 saturated heterocycles. The number of hydrogen-bond acceptors (Lipinski definition) is 4. The molecule has 0 saturated carbocycles. The third-order valence-electron chi connectivity index (χ3n) is 2.48. The molecular weight excluding hydrogens is 202 g/mol. The van der Waals surface area contributed by atoms with Gasteiger partial charge in [0.15, 0.2) is 0 Å². The molecule has 0 heterocycles. The van der Waals surface area contributed by atoms with Gasteiger partial charge in [-0.3, -0.25) is 4.18 Å². The van der Waals surface area contributed by atoms with Crippen LogP contribution in [0.4, 0.5) is 0 Å². The van der Waals surface area contributed by atoms with Crippen LogP contribution in [0.3, 0.4) is 0 Å². The third kappa shape index (κ3) is 5.57. The Labute approximate surface area is 86.9 Å². The summed E-state index contributed by atoms with van der Waals surface area (Å²) in [6.45, 7) is 8.25. The molecule has 14 heavy (non-hydrogen) atoms. The van der Waals surface area contributed by atoms with Crippen LogP contribution in [0.2, 0.25) is 0 Å². The van der Waals surface area contributed by atoms with Crippen LogP contribution in [-0.2, 0) is 14.3 Å². The van der Waals surface area contributed by atoms with E-state index in [4.69, 9.17) is 5.73 Å². The van der Waals surface area contributed by atoms with Crippen LogP contribution in [-0.4, -0.2) is 27.3 Å². The van der Waals surface area contributed by atoms with E-state index in [1.165, 1.54) is 0 Å². The van der Waals surface area contributed by atoms with E-state index in [1.54, 1.807) is 0 Å². The van der Waals surface area contributed by atoms with Crippen molar-refractivity contribution in [2.45, 2.75) is 33.7 Å². The number of nitrogens with two attached hydrogens (primary N) is 1. The zero-order valence-electron chi connectivity index (χ0n) is 9.57. The average Bonchev–Trinajstić information content (AvgIpc) is 1.95. The summed E-state index contributed by atoms with van der Waals surface area (Å²) in [5.41, 5.74) is 5.88. The molecule has 0 bridgehead atoms. The lowest BCUT2D eigenvalue weighted by molar-refractivity contribution is 0.173.